The molecule has 9 heteroatoms. The van der Waals surface area contributed by atoms with Gasteiger partial charge in [0, 0.05) is 22.2 Å². The maximum absolute atomic E-state index is 12.1. The van der Waals surface area contributed by atoms with Crippen LogP contribution in [0.2, 0.25) is 10.0 Å². The van der Waals surface area contributed by atoms with Crippen LogP contribution >= 0.6 is 23.2 Å². The summed E-state index contributed by atoms with van der Waals surface area (Å²) < 4.78 is 16.2. The van der Waals surface area contributed by atoms with Crippen molar-refractivity contribution < 1.29 is 19.0 Å². The van der Waals surface area contributed by atoms with E-state index in [2.05, 4.69) is 15.4 Å². The molecule has 2 aromatic carbocycles. The van der Waals surface area contributed by atoms with Gasteiger partial charge in [-0.05, 0) is 19.1 Å². The fraction of sp³-hybridized carbons (Fsp3) is 0.211. The molecule has 0 aliphatic carbocycles. The summed E-state index contributed by atoms with van der Waals surface area (Å²) in [5, 5.41) is 11.2. The molecule has 146 valence electrons. The van der Waals surface area contributed by atoms with E-state index in [1.54, 1.807) is 25.1 Å². The molecular formula is C19H17Cl2N3O4. The lowest BCUT2D eigenvalue weighted by atomic mass is 10.1. The maximum Gasteiger partial charge on any atom is 0.361 e. The molecule has 3 rings (SSSR count). The smallest absolute Gasteiger partial charge is 0.361 e. The number of benzene rings is 2. The molecular weight excluding hydrogens is 405 g/mol. The van der Waals surface area contributed by atoms with Crippen LogP contribution < -0.4 is 9.47 Å². The topological polar surface area (TPSA) is 86.3 Å². The van der Waals surface area contributed by atoms with Gasteiger partial charge in [-0.25, -0.2) is 4.79 Å². The second-order valence-corrected chi connectivity index (χ2v) is 6.42. The van der Waals surface area contributed by atoms with E-state index in [-0.39, 0.29) is 24.6 Å². The van der Waals surface area contributed by atoms with Crippen molar-refractivity contribution in [2.75, 3.05) is 13.7 Å². The minimum Gasteiger partial charge on any atom is -0.493 e. The Kier molecular flexibility index (Phi) is 6.38. The average molecular weight is 422 g/mol. The Morgan fingerprint density at radius 2 is 1.89 bits per heavy atom. The van der Waals surface area contributed by atoms with Gasteiger partial charge in [0.2, 0.25) is 0 Å². The van der Waals surface area contributed by atoms with Gasteiger partial charge >= 0.3 is 5.97 Å². The molecule has 0 amide bonds. The number of carbonyl (C=O) groups is 1. The Morgan fingerprint density at radius 3 is 2.61 bits per heavy atom. The zero-order valence-corrected chi connectivity index (χ0v) is 16.7. The Balaban J connectivity index is 1.91. The normalized spacial score (nSPS) is 10.6. The number of hydrogen-bond donors (Lipinski definition) is 1. The van der Waals surface area contributed by atoms with E-state index in [0.29, 0.717) is 27.1 Å². The van der Waals surface area contributed by atoms with E-state index in [1.165, 1.54) is 7.11 Å². The molecule has 0 saturated heterocycles. The number of aromatic amines is 1. The molecule has 3 aromatic rings. The lowest BCUT2D eigenvalue weighted by Gasteiger charge is -2.14. The Bertz CT molecular complexity index is 991. The molecule has 7 nitrogen and oxygen atoms in total. The lowest BCUT2D eigenvalue weighted by molar-refractivity contribution is 0.0520. The number of aromatic nitrogens is 3. The zero-order chi connectivity index (χ0) is 20.1. The molecule has 0 bridgehead atoms. The van der Waals surface area contributed by atoms with E-state index in [0.717, 1.165) is 5.56 Å². The number of hydrogen-bond acceptors (Lipinski definition) is 6. The fourth-order valence-corrected chi connectivity index (χ4v) is 2.95. The molecule has 28 heavy (non-hydrogen) atoms. The van der Waals surface area contributed by atoms with Crippen LogP contribution in [0, 0.1) is 0 Å². The zero-order valence-electron chi connectivity index (χ0n) is 15.2. The molecule has 0 aliphatic heterocycles. The van der Waals surface area contributed by atoms with Gasteiger partial charge in [0.05, 0.1) is 18.7 Å². The summed E-state index contributed by atoms with van der Waals surface area (Å²) in [5.41, 5.74) is 1.59. The first-order valence-corrected chi connectivity index (χ1v) is 9.12. The second kappa shape index (κ2) is 8.95. The highest BCUT2D eigenvalue weighted by atomic mass is 35.5. The van der Waals surface area contributed by atoms with Gasteiger partial charge in [-0.3, -0.25) is 0 Å². The second-order valence-electron chi connectivity index (χ2n) is 5.60. The average Bonchev–Trinajstić information content (AvgIpc) is 3.17. The van der Waals surface area contributed by atoms with Crippen LogP contribution in [-0.4, -0.2) is 35.1 Å². The summed E-state index contributed by atoms with van der Waals surface area (Å²) in [7, 11) is 1.50. The SMILES string of the molecule is CCOC(=O)c1n[nH]nc1-c1cc(OC)c(OCc2ccccc2Cl)cc1Cl. The van der Waals surface area contributed by atoms with E-state index in [9.17, 15) is 4.79 Å². The van der Waals surface area contributed by atoms with E-state index >= 15 is 0 Å². The largest absolute Gasteiger partial charge is 0.493 e. The number of halogens is 2. The molecule has 0 unspecified atom stereocenters. The minimum absolute atomic E-state index is 0.0375. The molecule has 0 saturated carbocycles. The van der Waals surface area contributed by atoms with Crippen LogP contribution in [0.5, 0.6) is 11.5 Å². The van der Waals surface area contributed by atoms with E-state index < -0.39 is 5.97 Å². The van der Waals surface area contributed by atoms with Crippen molar-refractivity contribution in [3.63, 3.8) is 0 Å². The third kappa shape index (κ3) is 4.21. The van der Waals surface area contributed by atoms with Crippen molar-refractivity contribution in [1.29, 1.82) is 0 Å². The van der Waals surface area contributed by atoms with Gasteiger partial charge in [-0.1, -0.05) is 41.4 Å². The number of H-pyrrole nitrogens is 1. The van der Waals surface area contributed by atoms with Gasteiger partial charge in [-0.15, -0.1) is 5.10 Å². The first kappa shape index (κ1) is 20.0. The number of nitrogens with one attached hydrogen (secondary N) is 1. The first-order valence-electron chi connectivity index (χ1n) is 8.37. The van der Waals surface area contributed by atoms with Crippen molar-refractivity contribution in [2.24, 2.45) is 0 Å². The number of methoxy groups -OCH3 is 1. The lowest BCUT2D eigenvalue weighted by Crippen LogP contribution is -2.07. The maximum atomic E-state index is 12.1. The van der Waals surface area contributed by atoms with Crippen molar-refractivity contribution in [3.05, 3.63) is 57.7 Å². The van der Waals surface area contributed by atoms with Crippen LogP contribution in [0.25, 0.3) is 11.3 Å². The Labute approximate surface area is 171 Å². The van der Waals surface area contributed by atoms with Crippen LogP contribution in [0.4, 0.5) is 0 Å². The molecule has 0 spiro atoms. The Morgan fingerprint density at radius 1 is 1.11 bits per heavy atom. The summed E-state index contributed by atoms with van der Waals surface area (Å²) in [6.45, 7) is 2.17. The number of rotatable bonds is 7. The number of esters is 1. The third-order valence-corrected chi connectivity index (χ3v) is 4.55. The third-order valence-electron chi connectivity index (χ3n) is 3.87. The molecule has 0 atom stereocenters. The van der Waals surface area contributed by atoms with Gasteiger partial charge in [-0.2, -0.15) is 10.3 Å². The van der Waals surface area contributed by atoms with Crippen LogP contribution in [0.15, 0.2) is 36.4 Å². The summed E-state index contributed by atoms with van der Waals surface area (Å²) in [4.78, 5) is 12.1. The predicted molar refractivity (Wildman–Crippen MR) is 105 cm³/mol. The predicted octanol–water partition coefficient (Wildman–Crippen LogP) is 4.54. The van der Waals surface area contributed by atoms with Gasteiger partial charge in [0.25, 0.3) is 0 Å². The van der Waals surface area contributed by atoms with Crippen LogP contribution in [0.3, 0.4) is 0 Å². The van der Waals surface area contributed by atoms with Gasteiger partial charge in [0.15, 0.2) is 17.2 Å². The van der Waals surface area contributed by atoms with Crippen LogP contribution in [-0.2, 0) is 11.3 Å². The summed E-state index contributed by atoms with van der Waals surface area (Å²) in [6.07, 6.45) is 0. The van der Waals surface area contributed by atoms with E-state index in [1.807, 2.05) is 18.2 Å². The first-order chi connectivity index (χ1) is 13.5. The summed E-state index contributed by atoms with van der Waals surface area (Å²) in [5.74, 6) is 0.252. The fourth-order valence-electron chi connectivity index (χ4n) is 2.52. The highest BCUT2D eigenvalue weighted by Crippen LogP contribution is 2.39. The van der Waals surface area contributed by atoms with Crippen molar-refractivity contribution in [2.45, 2.75) is 13.5 Å². The number of ether oxygens (including phenoxy) is 3. The van der Waals surface area contributed by atoms with Crippen LogP contribution in [0.1, 0.15) is 23.0 Å². The van der Waals surface area contributed by atoms with Gasteiger partial charge in [0.1, 0.15) is 12.3 Å². The van der Waals surface area contributed by atoms with Crippen molar-refractivity contribution in [3.8, 4) is 22.8 Å². The highest BCUT2D eigenvalue weighted by Gasteiger charge is 2.23. The standard InChI is InChI=1S/C19H17Cl2N3O4/c1-3-27-19(25)18-17(22-24-23-18)12-8-15(26-2)16(9-14(12)21)28-10-11-6-4-5-7-13(11)20/h4-9H,3,10H2,1-2H3,(H,22,23,24). The quantitative estimate of drug-likeness (QED) is 0.563. The van der Waals surface area contributed by atoms with Gasteiger partial charge < -0.3 is 14.2 Å². The molecule has 1 N–H and O–H groups in total. The molecule has 1 aromatic heterocycles. The summed E-state index contributed by atoms with van der Waals surface area (Å²) >= 11 is 12.6. The van der Waals surface area contributed by atoms with E-state index in [4.69, 9.17) is 37.4 Å². The Hall–Kier alpha value is -2.77. The number of nitrogens with zero attached hydrogens (tertiary/aromatic N) is 2. The molecule has 0 aliphatic rings. The monoisotopic (exact) mass is 421 g/mol. The van der Waals surface area contributed by atoms with Crippen molar-refractivity contribution in [1.82, 2.24) is 15.4 Å². The summed E-state index contributed by atoms with van der Waals surface area (Å²) in [6, 6.07) is 10.6. The minimum atomic E-state index is -0.597. The van der Waals surface area contributed by atoms with Crippen molar-refractivity contribution >= 4 is 29.2 Å². The molecule has 1 heterocycles. The highest BCUT2D eigenvalue weighted by molar-refractivity contribution is 6.33. The number of carbonyl (C=O) groups excluding carboxylic acids is 1. The molecule has 0 radical (unpaired) electrons. The molecule has 0 fully saturated rings.